The molecule has 2 N–H and O–H groups in total. The molecule has 10 heteroatoms. The van der Waals surface area contributed by atoms with Crippen LogP contribution in [0.25, 0.3) is 11.1 Å². The molecular formula is C28H31FN4O3S2. The van der Waals surface area contributed by atoms with Gasteiger partial charge in [0.05, 0.1) is 18.5 Å². The van der Waals surface area contributed by atoms with Gasteiger partial charge < -0.3 is 20.3 Å². The molecule has 0 saturated carbocycles. The fourth-order valence-corrected chi connectivity index (χ4v) is 5.62. The van der Waals surface area contributed by atoms with Crippen LogP contribution in [0.5, 0.6) is 0 Å². The van der Waals surface area contributed by atoms with Crippen LogP contribution < -0.4 is 10.6 Å². The first kappa shape index (κ1) is 27.7. The van der Waals surface area contributed by atoms with Gasteiger partial charge >= 0.3 is 5.97 Å². The molecule has 2 heterocycles. The van der Waals surface area contributed by atoms with Crippen molar-refractivity contribution >= 4 is 46.2 Å². The van der Waals surface area contributed by atoms with E-state index in [1.807, 2.05) is 24.3 Å². The second kappa shape index (κ2) is 12.9. The number of nitrogens with zero attached hydrogens (tertiary/aromatic N) is 2. The maximum atomic E-state index is 14.1. The number of likely N-dealkylation sites (tertiary alicyclic amines) is 1. The smallest absolute Gasteiger partial charge is 0.307 e. The van der Waals surface area contributed by atoms with Gasteiger partial charge in [-0.05, 0) is 60.8 Å². The molecule has 1 fully saturated rings. The van der Waals surface area contributed by atoms with Crippen LogP contribution in [0.4, 0.5) is 10.1 Å². The number of piperidine rings is 1. The van der Waals surface area contributed by atoms with Gasteiger partial charge in [0.2, 0.25) is 0 Å². The number of anilines is 1. The van der Waals surface area contributed by atoms with Gasteiger partial charge in [-0.3, -0.25) is 9.59 Å². The number of aryl methyl sites for hydroxylation is 1. The van der Waals surface area contributed by atoms with E-state index in [-0.39, 0.29) is 30.0 Å². The van der Waals surface area contributed by atoms with E-state index in [4.69, 9.17) is 12.2 Å². The molecule has 3 aromatic rings. The average Bonchev–Trinajstić information content (AvgIpc) is 3.44. The molecule has 0 radical (unpaired) electrons. The first-order valence-corrected chi connectivity index (χ1v) is 13.9. The van der Waals surface area contributed by atoms with Crippen LogP contribution in [0.3, 0.4) is 0 Å². The van der Waals surface area contributed by atoms with Crippen molar-refractivity contribution in [3.63, 3.8) is 0 Å². The van der Waals surface area contributed by atoms with E-state index in [1.54, 1.807) is 11.4 Å². The number of thiocarbonyl (C=S) groups is 1. The Morgan fingerprint density at radius 3 is 2.61 bits per heavy atom. The molecule has 1 saturated heterocycles. The number of rotatable bonds is 8. The minimum Gasteiger partial charge on any atom is -0.469 e. The molecule has 0 spiro atoms. The van der Waals surface area contributed by atoms with Gasteiger partial charge in [0.15, 0.2) is 5.11 Å². The summed E-state index contributed by atoms with van der Waals surface area (Å²) in [5.74, 6) is -0.713. The van der Waals surface area contributed by atoms with E-state index in [0.29, 0.717) is 28.6 Å². The minimum atomic E-state index is -0.363. The number of benzene rings is 2. The lowest BCUT2D eigenvalue weighted by Crippen LogP contribution is -2.44. The Kier molecular flexibility index (Phi) is 9.41. The molecule has 2 aromatic carbocycles. The molecule has 4 rings (SSSR count). The third-order valence-corrected chi connectivity index (χ3v) is 8.03. The number of ether oxygens (including phenoxy) is 1. The Bertz CT molecular complexity index is 1290. The van der Waals surface area contributed by atoms with E-state index in [1.165, 1.54) is 36.1 Å². The molecule has 1 amide bonds. The van der Waals surface area contributed by atoms with Crippen LogP contribution >= 0.6 is 23.6 Å². The lowest BCUT2D eigenvalue weighted by molar-refractivity contribution is -0.140. The number of nitrogens with one attached hydrogen (secondary N) is 2. The zero-order valence-electron chi connectivity index (χ0n) is 21.5. The third kappa shape index (κ3) is 6.93. The van der Waals surface area contributed by atoms with Crippen molar-refractivity contribution in [2.24, 2.45) is 0 Å². The maximum absolute atomic E-state index is 14.1. The predicted octanol–water partition coefficient (Wildman–Crippen LogP) is 5.38. The first-order valence-electron chi connectivity index (χ1n) is 12.6. The average molecular weight is 555 g/mol. The monoisotopic (exact) mass is 554 g/mol. The quantitative estimate of drug-likeness (QED) is 0.286. The van der Waals surface area contributed by atoms with Crippen molar-refractivity contribution < 1.29 is 18.7 Å². The summed E-state index contributed by atoms with van der Waals surface area (Å²) in [4.78, 5) is 31.1. The second-order valence-corrected chi connectivity index (χ2v) is 10.4. The highest BCUT2D eigenvalue weighted by atomic mass is 32.1. The molecule has 38 heavy (non-hydrogen) atoms. The Hall–Kier alpha value is -3.37. The lowest BCUT2D eigenvalue weighted by atomic mass is 9.98. The largest absolute Gasteiger partial charge is 0.469 e. The minimum absolute atomic E-state index is 0.245. The van der Waals surface area contributed by atoms with Gasteiger partial charge in [0, 0.05) is 42.2 Å². The van der Waals surface area contributed by atoms with Crippen molar-refractivity contribution in [1.82, 2.24) is 15.2 Å². The second-order valence-electron chi connectivity index (χ2n) is 9.08. The normalized spacial score (nSPS) is 13.7. The standard InChI is InChI=1S/C28H31FN4O3S2/c1-3-18-4-6-19(7-5-18)22-16-21(29)8-9-23(22)31-26(35)24-17-38-27(32-24)20-11-14-33(15-12-20)28(37)30-13-10-25(34)36-2/h4-9,16-17,20H,3,10-15H2,1-2H3,(H,30,37)(H,31,35). The summed E-state index contributed by atoms with van der Waals surface area (Å²) in [5.41, 5.74) is 3.54. The number of methoxy groups -OCH3 is 1. The van der Waals surface area contributed by atoms with Crippen molar-refractivity contribution in [1.29, 1.82) is 0 Å². The van der Waals surface area contributed by atoms with E-state index in [2.05, 4.69) is 32.2 Å². The van der Waals surface area contributed by atoms with Crippen LogP contribution in [0.1, 0.15) is 53.2 Å². The van der Waals surface area contributed by atoms with Crippen molar-refractivity contribution in [2.75, 3.05) is 32.1 Å². The summed E-state index contributed by atoms with van der Waals surface area (Å²) < 4.78 is 18.7. The number of amides is 1. The molecule has 1 aromatic heterocycles. The summed E-state index contributed by atoms with van der Waals surface area (Å²) in [7, 11) is 1.37. The van der Waals surface area contributed by atoms with Crippen molar-refractivity contribution in [2.45, 2.75) is 38.5 Å². The molecule has 1 aliphatic rings. The molecule has 7 nitrogen and oxygen atoms in total. The number of aromatic nitrogens is 1. The Balaban J connectivity index is 1.36. The SMILES string of the molecule is CCc1ccc(-c2cc(F)ccc2NC(=O)c2csc(C3CCN(C(=S)NCCC(=O)OC)CC3)n2)cc1. The summed E-state index contributed by atoms with van der Waals surface area (Å²) >= 11 is 6.94. The Morgan fingerprint density at radius 1 is 1.18 bits per heavy atom. The van der Waals surface area contributed by atoms with Gasteiger partial charge in [0.1, 0.15) is 11.5 Å². The number of hydrogen-bond donors (Lipinski definition) is 2. The number of halogens is 1. The zero-order valence-corrected chi connectivity index (χ0v) is 23.1. The van der Waals surface area contributed by atoms with Crippen LogP contribution in [0.2, 0.25) is 0 Å². The van der Waals surface area contributed by atoms with Crippen molar-refractivity contribution in [3.05, 3.63) is 69.9 Å². The van der Waals surface area contributed by atoms with Gasteiger partial charge in [-0.15, -0.1) is 11.3 Å². The number of carbonyl (C=O) groups excluding carboxylic acids is 2. The number of esters is 1. The van der Waals surface area contributed by atoms with Crippen LogP contribution in [0.15, 0.2) is 47.8 Å². The summed E-state index contributed by atoms with van der Waals surface area (Å²) in [6.45, 7) is 4.06. The first-order chi connectivity index (χ1) is 18.4. The van der Waals surface area contributed by atoms with Crippen LogP contribution in [0, 0.1) is 5.82 Å². The topological polar surface area (TPSA) is 83.6 Å². The molecule has 0 bridgehead atoms. The van der Waals surface area contributed by atoms with Gasteiger partial charge in [-0.1, -0.05) is 31.2 Å². The van der Waals surface area contributed by atoms with E-state index in [9.17, 15) is 14.0 Å². The highest BCUT2D eigenvalue weighted by Gasteiger charge is 2.25. The summed E-state index contributed by atoms with van der Waals surface area (Å²) in [6, 6.07) is 12.3. The van der Waals surface area contributed by atoms with Crippen LogP contribution in [-0.4, -0.2) is 53.6 Å². The van der Waals surface area contributed by atoms with E-state index >= 15 is 0 Å². The fraction of sp³-hybridized carbons (Fsp3) is 0.357. The highest BCUT2D eigenvalue weighted by molar-refractivity contribution is 7.80. The maximum Gasteiger partial charge on any atom is 0.307 e. The molecule has 200 valence electrons. The van der Waals surface area contributed by atoms with E-state index in [0.717, 1.165) is 42.9 Å². The summed E-state index contributed by atoms with van der Waals surface area (Å²) in [5, 5.41) is 9.36. The number of hydrogen-bond acceptors (Lipinski definition) is 6. The molecule has 0 aliphatic carbocycles. The Morgan fingerprint density at radius 2 is 1.92 bits per heavy atom. The number of carbonyl (C=O) groups is 2. The lowest BCUT2D eigenvalue weighted by Gasteiger charge is -2.33. The van der Waals surface area contributed by atoms with E-state index < -0.39 is 0 Å². The highest BCUT2D eigenvalue weighted by Crippen LogP contribution is 2.32. The van der Waals surface area contributed by atoms with Gasteiger partial charge in [-0.25, -0.2) is 9.37 Å². The molecule has 0 atom stereocenters. The van der Waals surface area contributed by atoms with Crippen LogP contribution in [-0.2, 0) is 16.0 Å². The molecule has 0 unspecified atom stereocenters. The molecule has 1 aliphatic heterocycles. The third-order valence-electron chi connectivity index (χ3n) is 6.62. The van der Waals surface area contributed by atoms with Gasteiger partial charge in [-0.2, -0.15) is 0 Å². The Labute approximate surface area is 231 Å². The van der Waals surface area contributed by atoms with Gasteiger partial charge in [0.25, 0.3) is 5.91 Å². The predicted molar refractivity (Wildman–Crippen MR) is 152 cm³/mol. The fourth-order valence-electron chi connectivity index (χ4n) is 4.36. The number of thiazole rings is 1. The van der Waals surface area contributed by atoms with Crippen molar-refractivity contribution in [3.8, 4) is 11.1 Å². The molecular weight excluding hydrogens is 523 g/mol. The zero-order chi connectivity index (χ0) is 27.1. The summed E-state index contributed by atoms with van der Waals surface area (Å²) in [6.07, 6.45) is 2.91.